The first-order chi connectivity index (χ1) is 9.47. The topological polar surface area (TPSA) is 119 Å². The van der Waals surface area contributed by atoms with Crippen LogP contribution in [-0.4, -0.2) is 49.2 Å². The van der Waals surface area contributed by atoms with E-state index in [-0.39, 0.29) is 37.1 Å². The van der Waals surface area contributed by atoms with Crippen LogP contribution in [0.4, 0.5) is 5.69 Å². The van der Waals surface area contributed by atoms with E-state index < -0.39 is 10.9 Å². The van der Waals surface area contributed by atoms with E-state index in [1.54, 1.807) is 0 Å². The predicted octanol–water partition coefficient (Wildman–Crippen LogP) is 0.257. The minimum absolute atomic E-state index is 0.0902. The summed E-state index contributed by atoms with van der Waals surface area (Å²) in [5.74, 6) is -1.23. The summed E-state index contributed by atoms with van der Waals surface area (Å²) in [5, 5.41) is 22.9. The molecule has 1 aromatic rings. The Hall–Kier alpha value is -2.45. The lowest BCUT2D eigenvalue weighted by molar-refractivity contribution is -0.385. The molecule has 0 aromatic carbocycles. The minimum atomic E-state index is -0.960. The van der Waals surface area contributed by atoms with Crippen molar-refractivity contribution < 1.29 is 19.6 Å². The number of rotatable bonds is 7. The Morgan fingerprint density at radius 1 is 1.55 bits per heavy atom. The van der Waals surface area contributed by atoms with Crippen LogP contribution in [0.3, 0.4) is 0 Å². The molecule has 1 aliphatic carbocycles. The molecule has 1 fully saturated rings. The number of hydrogen-bond donors (Lipinski definition) is 1. The Kier molecular flexibility index (Phi) is 3.97. The van der Waals surface area contributed by atoms with E-state index >= 15 is 0 Å². The molecule has 1 aromatic heterocycles. The van der Waals surface area contributed by atoms with Gasteiger partial charge in [-0.25, -0.2) is 0 Å². The summed E-state index contributed by atoms with van der Waals surface area (Å²) in [6.07, 6.45) is 3.88. The molecule has 0 unspecified atom stereocenters. The van der Waals surface area contributed by atoms with Crippen LogP contribution in [0.25, 0.3) is 0 Å². The first-order valence-electron chi connectivity index (χ1n) is 6.15. The van der Waals surface area contributed by atoms with Crippen LogP contribution >= 0.6 is 0 Å². The van der Waals surface area contributed by atoms with Crippen LogP contribution in [0.15, 0.2) is 12.4 Å². The number of carboxylic acids is 1. The van der Waals surface area contributed by atoms with E-state index in [9.17, 15) is 19.7 Å². The molecular weight excluding hydrogens is 268 g/mol. The van der Waals surface area contributed by atoms with Crippen molar-refractivity contribution in [2.75, 3.05) is 6.54 Å². The second kappa shape index (κ2) is 5.68. The number of amides is 1. The van der Waals surface area contributed by atoms with Gasteiger partial charge in [-0.1, -0.05) is 0 Å². The van der Waals surface area contributed by atoms with Crippen molar-refractivity contribution in [3.63, 3.8) is 0 Å². The van der Waals surface area contributed by atoms with Crippen LogP contribution in [0.5, 0.6) is 0 Å². The molecule has 0 saturated heterocycles. The van der Waals surface area contributed by atoms with Crippen molar-refractivity contribution >= 4 is 17.6 Å². The van der Waals surface area contributed by atoms with E-state index in [4.69, 9.17) is 5.11 Å². The number of carboxylic acid groups (broad SMARTS) is 1. The van der Waals surface area contributed by atoms with Gasteiger partial charge in [0.2, 0.25) is 5.91 Å². The average Bonchev–Trinajstić information content (AvgIpc) is 3.08. The number of carbonyl (C=O) groups is 2. The fraction of sp³-hybridized carbons (Fsp3) is 0.545. The normalized spacial score (nSPS) is 14.0. The van der Waals surface area contributed by atoms with Crippen molar-refractivity contribution in [1.82, 2.24) is 14.7 Å². The van der Waals surface area contributed by atoms with Gasteiger partial charge < -0.3 is 10.0 Å². The second-order valence-corrected chi connectivity index (χ2v) is 4.62. The van der Waals surface area contributed by atoms with Crippen molar-refractivity contribution in [3.05, 3.63) is 22.5 Å². The van der Waals surface area contributed by atoms with Gasteiger partial charge in [-0.15, -0.1) is 0 Å². The van der Waals surface area contributed by atoms with Gasteiger partial charge in [0.05, 0.1) is 11.3 Å². The molecule has 20 heavy (non-hydrogen) atoms. The van der Waals surface area contributed by atoms with E-state index in [0.29, 0.717) is 0 Å². The lowest BCUT2D eigenvalue weighted by Crippen LogP contribution is -2.37. The van der Waals surface area contributed by atoms with Gasteiger partial charge in [-0.2, -0.15) is 5.10 Å². The number of nitrogens with zero attached hydrogens (tertiary/aromatic N) is 4. The first kappa shape index (κ1) is 14.0. The van der Waals surface area contributed by atoms with Gasteiger partial charge in [0.25, 0.3) is 0 Å². The highest BCUT2D eigenvalue weighted by molar-refractivity contribution is 5.77. The molecule has 1 heterocycles. The molecule has 2 rings (SSSR count). The number of carbonyl (C=O) groups excluding carboxylic acids is 1. The summed E-state index contributed by atoms with van der Waals surface area (Å²) in [6, 6.07) is 0.0902. The maximum atomic E-state index is 12.1. The summed E-state index contributed by atoms with van der Waals surface area (Å²) < 4.78 is 1.19. The Bertz CT molecular complexity index is 537. The summed E-state index contributed by atoms with van der Waals surface area (Å²) in [5.41, 5.74) is -0.179. The lowest BCUT2D eigenvalue weighted by Gasteiger charge is -2.21. The molecule has 0 spiro atoms. The number of aromatic nitrogens is 2. The van der Waals surface area contributed by atoms with Gasteiger partial charge >= 0.3 is 11.7 Å². The SMILES string of the molecule is O=C(O)CCN(C(=O)Cn1cc([N+](=O)[O-])cn1)C1CC1. The standard InChI is InChI=1S/C11H14N4O5/c16-10(7-13-6-9(5-12-13)15(19)20)14(8-1-2-8)4-3-11(17)18/h5-6,8H,1-4,7H2,(H,17,18). The number of aliphatic carboxylic acids is 1. The fourth-order valence-corrected chi connectivity index (χ4v) is 1.88. The minimum Gasteiger partial charge on any atom is -0.481 e. The van der Waals surface area contributed by atoms with Crippen molar-refractivity contribution in [2.24, 2.45) is 0 Å². The lowest BCUT2D eigenvalue weighted by atomic mass is 10.3. The second-order valence-electron chi connectivity index (χ2n) is 4.62. The maximum absolute atomic E-state index is 12.1. The quantitative estimate of drug-likeness (QED) is 0.566. The van der Waals surface area contributed by atoms with Crippen molar-refractivity contribution in [1.29, 1.82) is 0 Å². The number of nitro groups is 1. The molecule has 1 aliphatic rings. The van der Waals surface area contributed by atoms with E-state index in [1.807, 2.05) is 0 Å². The molecule has 108 valence electrons. The average molecular weight is 282 g/mol. The summed E-state index contributed by atoms with van der Waals surface area (Å²) >= 11 is 0. The Morgan fingerprint density at radius 3 is 2.75 bits per heavy atom. The third-order valence-corrected chi connectivity index (χ3v) is 3.00. The highest BCUT2D eigenvalue weighted by atomic mass is 16.6. The van der Waals surface area contributed by atoms with Gasteiger partial charge in [0.1, 0.15) is 18.9 Å². The van der Waals surface area contributed by atoms with Gasteiger partial charge in [-0.05, 0) is 12.8 Å². The van der Waals surface area contributed by atoms with E-state index in [1.165, 1.54) is 15.8 Å². The van der Waals surface area contributed by atoms with Crippen molar-refractivity contribution in [2.45, 2.75) is 31.8 Å². The predicted molar refractivity (Wildman–Crippen MR) is 65.9 cm³/mol. The Morgan fingerprint density at radius 2 is 2.25 bits per heavy atom. The van der Waals surface area contributed by atoms with Crippen LogP contribution in [0.1, 0.15) is 19.3 Å². The Balaban J connectivity index is 1.96. The Labute approximate surface area is 113 Å². The van der Waals surface area contributed by atoms with Crippen LogP contribution < -0.4 is 0 Å². The van der Waals surface area contributed by atoms with E-state index in [2.05, 4.69) is 5.10 Å². The van der Waals surface area contributed by atoms with Crippen LogP contribution in [0.2, 0.25) is 0 Å². The number of hydrogen-bond acceptors (Lipinski definition) is 5. The summed E-state index contributed by atoms with van der Waals surface area (Å²) in [4.78, 5) is 34.1. The van der Waals surface area contributed by atoms with Crippen molar-refractivity contribution in [3.8, 4) is 0 Å². The zero-order chi connectivity index (χ0) is 14.7. The van der Waals surface area contributed by atoms with Gasteiger partial charge in [0, 0.05) is 12.6 Å². The van der Waals surface area contributed by atoms with Crippen LogP contribution in [0, 0.1) is 10.1 Å². The molecule has 9 heteroatoms. The maximum Gasteiger partial charge on any atom is 0.307 e. The van der Waals surface area contributed by atoms with E-state index in [0.717, 1.165) is 19.0 Å². The molecular formula is C11H14N4O5. The third kappa shape index (κ3) is 3.53. The highest BCUT2D eigenvalue weighted by Gasteiger charge is 2.32. The monoisotopic (exact) mass is 282 g/mol. The molecule has 0 atom stereocenters. The van der Waals surface area contributed by atoms with Gasteiger partial charge in [0.15, 0.2) is 0 Å². The zero-order valence-electron chi connectivity index (χ0n) is 10.6. The summed E-state index contributed by atoms with van der Waals surface area (Å²) in [6.45, 7) is 0.0339. The highest BCUT2D eigenvalue weighted by Crippen LogP contribution is 2.27. The molecule has 0 radical (unpaired) electrons. The van der Waals surface area contributed by atoms with Crippen LogP contribution in [-0.2, 0) is 16.1 Å². The first-order valence-corrected chi connectivity index (χ1v) is 6.15. The molecule has 1 amide bonds. The summed E-state index contributed by atoms with van der Waals surface area (Å²) in [7, 11) is 0. The molecule has 0 bridgehead atoms. The molecule has 1 saturated carbocycles. The smallest absolute Gasteiger partial charge is 0.307 e. The molecule has 9 nitrogen and oxygen atoms in total. The largest absolute Gasteiger partial charge is 0.481 e. The zero-order valence-corrected chi connectivity index (χ0v) is 10.6. The fourth-order valence-electron chi connectivity index (χ4n) is 1.88. The molecule has 0 aliphatic heterocycles. The molecule has 1 N–H and O–H groups in total. The van der Waals surface area contributed by atoms with Gasteiger partial charge in [-0.3, -0.25) is 24.4 Å². The third-order valence-electron chi connectivity index (χ3n) is 3.00.